The van der Waals surface area contributed by atoms with Crippen LogP contribution in [0, 0.1) is 0 Å². The maximum Gasteiger partial charge on any atom is 0.372 e. The van der Waals surface area contributed by atoms with Gasteiger partial charge in [0, 0.05) is 0 Å². The van der Waals surface area contributed by atoms with E-state index in [9.17, 15) is 13.6 Å². The fraction of sp³-hybridized carbons (Fsp3) is 0.400. The van der Waals surface area contributed by atoms with Crippen LogP contribution in [-0.2, 0) is 9.53 Å². The van der Waals surface area contributed by atoms with E-state index >= 15 is 0 Å². The van der Waals surface area contributed by atoms with E-state index in [0.29, 0.717) is 0 Å². The Hall–Kier alpha value is -0.0600. The van der Waals surface area contributed by atoms with Crippen LogP contribution in [0.3, 0.4) is 0 Å². The number of carbonyl (C=O) groups excluding carboxylic acids is 1. The molecule has 0 aliphatic heterocycles. The fourth-order valence-electron chi connectivity index (χ4n) is 0.256. The SMILES string of the molecule is O=C(OC(Cl)(Cl)CCl)/C(F)=C/F. The van der Waals surface area contributed by atoms with Crippen molar-refractivity contribution in [3.63, 3.8) is 0 Å². The first kappa shape index (κ1) is 11.9. The van der Waals surface area contributed by atoms with E-state index in [1.54, 1.807) is 0 Å². The van der Waals surface area contributed by atoms with Gasteiger partial charge in [0.05, 0.1) is 5.88 Å². The topological polar surface area (TPSA) is 26.3 Å². The Balaban J connectivity index is 4.19. The van der Waals surface area contributed by atoms with Crippen molar-refractivity contribution in [1.29, 1.82) is 0 Å². The molecule has 0 fully saturated rings. The summed E-state index contributed by atoms with van der Waals surface area (Å²) in [5, 5.41) is 0. The number of esters is 1. The van der Waals surface area contributed by atoms with Gasteiger partial charge < -0.3 is 4.74 Å². The van der Waals surface area contributed by atoms with Crippen LogP contribution in [0.25, 0.3) is 0 Å². The van der Waals surface area contributed by atoms with Crippen molar-refractivity contribution in [2.45, 2.75) is 4.52 Å². The lowest BCUT2D eigenvalue weighted by atomic mass is 10.6. The number of hydrogen-bond acceptors (Lipinski definition) is 2. The third-order valence-electron chi connectivity index (χ3n) is 0.688. The number of rotatable bonds is 3. The zero-order valence-corrected chi connectivity index (χ0v) is 7.76. The number of alkyl halides is 3. The molecule has 0 aliphatic rings. The first-order valence-electron chi connectivity index (χ1n) is 2.56. The Morgan fingerprint density at radius 2 is 2.08 bits per heavy atom. The van der Waals surface area contributed by atoms with E-state index in [2.05, 4.69) is 4.74 Å². The number of halogens is 5. The summed E-state index contributed by atoms with van der Waals surface area (Å²) < 4.78 is 25.4. The highest BCUT2D eigenvalue weighted by Crippen LogP contribution is 2.25. The molecule has 0 rings (SSSR count). The fourth-order valence-corrected chi connectivity index (χ4v) is 0.451. The van der Waals surface area contributed by atoms with Gasteiger partial charge in [-0.1, -0.05) is 23.2 Å². The first-order chi connectivity index (χ1) is 5.43. The molecule has 0 aromatic rings. The van der Waals surface area contributed by atoms with Crippen LogP contribution in [0.2, 0.25) is 0 Å². The smallest absolute Gasteiger partial charge is 0.372 e. The van der Waals surface area contributed by atoms with Gasteiger partial charge in [0.25, 0.3) is 4.52 Å². The highest BCUT2D eigenvalue weighted by Gasteiger charge is 2.29. The van der Waals surface area contributed by atoms with E-state index in [-0.39, 0.29) is 0 Å². The molecule has 0 spiro atoms. The van der Waals surface area contributed by atoms with Gasteiger partial charge in [0.1, 0.15) is 6.33 Å². The van der Waals surface area contributed by atoms with Crippen molar-refractivity contribution in [1.82, 2.24) is 0 Å². The standard InChI is InChI=1S/C5H3Cl3F2O2/c6-2-5(7,8)12-4(11)3(10)1-9/h1H,2H2/b3-1-. The lowest BCUT2D eigenvalue weighted by Gasteiger charge is -2.15. The quantitative estimate of drug-likeness (QED) is 0.430. The molecule has 0 aromatic carbocycles. The van der Waals surface area contributed by atoms with Gasteiger partial charge in [-0.2, -0.15) is 4.39 Å². The number of ether oxygens (including phenoxy) is 1. The van der Waals surface area contributed by atoms with Crippen LogP contribution in [-0.4, -0.2) is 16.4 Å². The molecule has 0 aromatic heterocycles. The minimum Gasteiger partial charge on any atom is -0.422 e. The van der Waals surface area contributed by atoms with Crippen LogP contribution >= 0.6 is 34.8 Å². The van der Waals surface area contributed by atoms with E-state index in [1.807, 2.05) is 0 Å². The van der Waals surface area contributed by atoms with Crippen LogP contribution in [0.15, 0.2) is 12.2 Å². The maximum absolute atomic E-state index is 12.0. The summed E-state index contributed by atoms with van der Waals surface area (Å²) >= 11 is 15.5. The van der Waals surface area contributed by atoms with Crippen LogP contribution in [0.5, 0.6) is 0 Å². The van der Waals surface area contributed by atoms with Crippen LogP contribution in [0.1, 0.15) is 0 Å². The average molecular weight is 239 g/mol. The van der Waals surface area contributed by atoms with E-state index in [0.717, 1.165) is 0 Å². The summed E-state index contributed by atoms with van der Waals surface area (Å²) in [7, 11) is 0. The summed E-state index contributed by atoms with van der Waals surface area (Å²) in [5.41, 5.74) is 0. The summed E-state index contributed by atoms with van der Waals surface area (Å²) in [6.07, 6.45) is -0.569. The molecular formula is C5H3Cl3F2O2. The summed E-state index contributed by atoms with van der Waals surface area (Å²) in [5.74, 6) is -3.80. The third kappa shape index (κ3) is 4.09. The second-order valence-corrected chi connectivity index (χ2v) is 3.30. The van der Waals surface area contributed by atoms with Crippen molar-refractivity contribution in [2.24, 2.45) is 0 Å². The molecule has 2 nitrogen and oxygen atoms in total. The predicted molar refractivity (Wildman–Crippen MR) is 41.5 cm³/mol. The summed E-state index contributed by atoms with van der Waals surface area (Å²) in [4.78, 5) is 10.4. The maximum atomic E-state index is 12.0. The van der Waals surface area contributed by atoms with Gasteiger partial charge in [-0.3, -0.25) is 0 Å². The molecule has 0 bridgehead atoms. The largest absolute Gasteiger partial charge is 0.422 e. The van der Waals surface area contributed by atoms with E-state index in [4.69, 9.17) is 34.8 Å². The van der Waals surface area contributed by atoms with Gasteiger partial charge >= 0.3 is 5.97 Å². The van der Waals surface area contributed by atoms with Gasteiger partial charge in [-0.05, 0) is 0 Å². The lowest BCUT2D eigenvalue weighted by molar-refractivity contribution is -0.143. The minimum atomic E-state index is -2.04. The minimum absolute atomic E-state index is 0.457. The zero-order chi connectivity index (χ0) is 9.78. The number of hydrogen-bond donors (Lipinski definition) is 0. The van der Waals surface area contributed by atoms with Crippen molar-refractivity contribution in [3.8, 4) is 0 Å². The molecule has 0 saturated carbocycles. The molecule has 0 atom stereocenters. The molecule has 0 N–H and O–H groups in total. The summed E-state index contributed by atoms with van der Waals surface area (Å²) in [6.45, 7) is 0. The van der Waals surface area contributed by atoms with Gasteiger partial charge in [-0.15, -0.1) is 11.6 Å². The Bertz CT molecular complexity index is 205. The molecule has 7 heteroatoms. The Morgan fingerprint density at radius 1 is 1.58 bits per heavy atom. The van der Waals surface area contributed by atoms with Gasteiger partial charge in [-0.25, -0.2) is 9.18 Å². The monoisotopic (exact) mass is 238 g/mol. The van der Waals surface area contributed by atoms with Crippen LogP contribution < -0.4 is 0 Å². The van der Waals surface area contributed by atoms with Crippen molar-refractivity contribution < 1.29 is 18.3 Å². The van der Waals surface area contributed by atoms with Crippen molar-refractivity contribution in [3.05, 3.63) is 12.2 Å². The van der Waals surface area contributed by atoms with E-state index < -0.39 is 28.5 Å². The van der Waals surface area contributed by atoms with Gasteiger partial charge in [0.15, 0.2) is 0 Å². The predicted octanol–water partition coefficient (Wildman–Crippen LogP) is 2.68. The molecule has 0 amide bonds. The van der Waals surface area contributed by atoms with Crippen LogP contribution in [0.4, 0.5) is 8.78 Å². The van der Waals surface area contributed by atoms with E-state index in [1.165, 1.54) is 0 Å². The zero-order valence-electron chi connectivity index (χ0n) is 5.49. The molecule has 0 aliphatic carbocycles. The molecule has 70 valence electrons. The van der Waals surface area contributed by atoms with Crippen molar-refractivity contribution in [2.75, 3.05) is 5.88 Å². The molecular weight excluding hydrogens is 236 g/mol. The van der Waals surface area contributed by atoms with Gasteiger partial charge in [0.2, 0.25) is 5.83 Å². The second-order valence-electron chi connectivity index (χ2n) is 1.62. The normalized spacial score (nSPS) is 12.9. The molecule has 0 saturated heterocycles. The Labute approximate surface area is 82.0 Å². The summed E-state index contributed by atoms with van der Waals surface area (Å²) in [6, 6.07) is 0. The first-order valence-corrected chi connectivity index (χ1v) is 3.85. The Kier molecular flexibility index (Phi) is 4.82. The average Bonchev–Trinajstić information content (AvgIpc) is 2.02. The molecule has 0 heterocycles. The lowest BCUT2D eigenvalue weighted by Crippen LogP contribution is -2.24. The molecule has 0 unspecified atom stereocenters. The Morgan fingerprint density at radius 3 is 2.42 bits per heavy atom. The molecule has 0 radical (unpaired) electrons. The van der Waals surface area contributed by atoms with Crippen molar-refractivity contribution >= 4 is 40.8 Å². The highest BCUT2D eigenvalue weighted by atomic mass is 35.5. The number of carbonyl (C=O) groups is 1. The second kappa shape index (κ2) is 4.84. The highest BCUT2D eigenvalue weighted by molar-refractivity contribution is 6.50. The third-order valence-corrected chi connectivity index (χ3v) is 1.76. The molecule has 12 heavy (non-hydrogen) atoms.